The van der Waals surface area contributed by atoms with Crippen molar-refractivity contribution >= 4 is 6.09 Å². The summed E-state index contributed by atoms with van der Waals surface area (Å²) in [5.41, 5.74) is 0.112. The number of hydrogen-bond acceptors (Lipinski definition) is 5. The highest BCUT2D eigenvalue weighted by molar-refractivity contribution is 5.68. The molecule has 0 fully saturated rings. The highest BCUT2D eigenvalue weighted by Crippen LogP contribution is 2.17. The fraction of sp³-hybridized carbons (Fsp3) is 0.471. The highest BCUT2D eigenvalue weighted by Gasteiger charge is 2.21. The van der Waals surface area contributed by atoms with E-state index in [1.807, 2.05) is 27.7 Å². The lowest BCUT2D eigenvalue weighted by Gasteiger charge is -2.26. The number of benzene rings is 1. The van der Waals surface area contributed by atoms with Gasteiger partial charge in [-0.05, 0) is 52.0 Å². The Hall–Kier alpha value is -2.44. The van der Waals surface area contributed by atoms with E-state index in [9.17, 15) is 9.18 Å². The van der Waals surface area contributed by atoms with Crippen molar-refractivity contribution < 1.29 is 18.4 Å². The summed E-state index contributed by atoms with van der Waals surface area (Å²) in [5.74, 6) is 0.482. The van der Waals surface area contributed by atoms with Crippen molar-refractivity contribution in [3.05, 3.63) is 35.9 Å². The van der Waals surface area contributed by atoms with Crippen LogP contribution in [0.3, 0.4) is 0 Å². The summed E-state index contributed by atoms with van der Waals surface area (Å²) in [6.45, 7) is 8.31. The minimum atomic E-state index is -0.535. The van der Waals surface area contributed by atoms with Crippen molar-refractivity contribution in [2.75, 3.05) is 13.1 Å². The number of rotatable bonds is 5. The SMILES string of the molecule is CCN(CCc1noc(-c2ccc(F)cc2)n1)C(=O)OC(C)(C)C. The van der Waals surface area contributed by atoms with Crippen LogP contribution in [0.25, 0.3) is 11.5 Å². The number of likely N-dealkylation sites (N-methyl/N-ethyl adjacent to an activating group) is 1. The summed E-state index contributed by atoms with van der Waals surface area (Å²) in [6.07, 6.45) is 0.0740. The number of carbonyl (C=O) groups is 1. The molecule has 130 valence electrons. The molecule has 0 aliphatic rings. The predicted molar refractivity (Wildman–Crippen MR) is 86.9 cm³/mol. The van der Waals surface area contributed by atoms with Crippen LogP contribution in [-0.2, 0) is 11.2 Å². The van der Waals surface area contributed by atoms with Gasteiger partial charge in [0.05, 0.1) is 0 Å². The zero-order chi connectivity index (χ0) is 17.7. The molecular formula is C17H22FN3O3. The van der Waals surface area contributed by atoms with Crippen molar-refractivity contribution in [2.24, 2.45) is 0 Å². The molecule has 0 aliphatic heterocycles. The third-order valence-corrected chi connectivity index (χ3v) is 3.20. The van der Waals surface area contributed by atoms with Crippen LogP contribution in [0.4, 0.5) is 9.18 Å². The molecule has 0 aliphatic carbocycles. The Morgan fingerprint density at radius 2 is 1.96 bits per heavy atom. The van der Waals surface area contributed by atoms with Gasteiger partial charge in [0.15, 0.2) is 5.82 Å². The van der Waals surface area contributed by atoms with Crippen LogP contribution in [0.15, 0.2) is 28.8 Å². The van der Waals surface area contributed by atoms with Gasteiger partial charge in [0.1, 0.15) is 11.4 Å². The van der Waals surface area contributed by atoms with Crippen LogP contribution in [0.2, 0.25) is 0 Å². The van der Waals surface area contributed by atoms with Crippen LogP contribution in [0.1, 0.15) is 33.5 Å². The van der Waals surface area contributed by atoms with Crippen molar-refractivity contribution in [3.8, 4) is 11.5 Å². The van der Waals surface area contributed by atoms with E-state index in [1.54, 1.807) is 17.0 Å². The van der Waals surface area contributed by atoms with Crippen LogP contribution in [-0.4, -0.2) is 39.8 Å². The molecule has 0 unspecified atom stereocenters. The Labute approximate surface area is 140 Å². The summed E-state index contributed by atoms with van der Waals surface area (Å²) < 4.78 is 23.5. The van der Waals surface area contributed by atoms with Crippen LogP contribution < -0.4 is 0 Å². The van der Waals surface area contributed by atoms with Crippen LogP contribution >= 0.6 is 0 Å². The Morgan fingerprint density at radius 3 is 2.54 bits per heavy atom. The van der Waals surface area contributed by atoms with Crippen molar-refractivity contribution in [3.63, 3.8) is 0 Å². The molecule has 7 heteroatoms. The fourth-order valence-electron chi connectivity index (χ4n) is 2.01. The lowest BCUT2D eigenvalue weighted by molar-refractivity contribution is 0.0261. The summed E-state index contributed by atoms with van der Waals surface area (Å²) in [7, 11) is 0. The van der Waals surface area contributed by atoms with Crippen LogP contribution in [0.5, 0.6) is 0 Å². The highest BCUT2D eigenvalue weighted by atomic mass is 19.1. The molecule has 1 amide bonds. The Kier molecular flexibility index (Phi) is 5.54. The maximum atomic E-state index is 12.9. The third-order valence-electron chi connectivity index (χ3n) is 3.20. The maximum absolute atomic E-state index is 12.9. The quantitative estimate of drug-likeness (QED) is 0.834. The molecule has 0 bridgehead atoms. The first-order valence-electron chi connectivity index (χ1n) is 7.85. The van der Waals surface area contributed by atoms with E-state index in [0.717, 1.165) is 0 Å². The molecule has 0 N–H and O–H groups in total. The standard InChI is InChI=1S/C17H22FN3O3/c1-5-21(16(22)23-17(2,3)4)11-10-14-19-15(24-20-14)12-6-8-13(18)9-7-12/h6-9H,5,10-11H2,1-4H3. The minimum absolute atomic E-state index is 0.324. The van der Waals surface area contributed by atoms with Crippen LogP contribution in [0, 0.1) is 5.82 Å². The topological polar surface area (TPSA) is 68.5 Å². The largest absolute Gasteiger partial charge is 0.444 e. The summed E-state index contributed by atoms with van der Waals surface area (Å²) in [4.78, 5) is 17.9. The lowest BCUT2D eigenvalue weighted by Crippen LogP contribution is -2.37. The van der Waals surface area contributed by atoms with Gasteiger partial charge >= 0.3 is 6.09 Å². The van der Waals surface area contributed by atoms with Gasteiger partial charge in [-0.1, -0.05) is 5.16 Å². The molecule has 2 rings (SSSR count). The molecule has 0 saturated carbocycles. The summed E-state index contributed by atoms with van der Waals surface area (Å²) in [6, 6.07) is 5.82. The molecule has 1 aromatic heterocycles. The molecule has 1 aromatic carbocycles. The first-order chi connectivity index (χ1) is 11.3. The normalized spacial score (nSPS) is 11.4. The minimum Gasteiger partial charge on any atom is -0.444 e. The number of hydrogen-bond donors (Lipinski definition) is 0. The van der Waals surface area contributed by atoms with E-state index >= 15 is 0 Å². The van der Waals surface area contributed by atoms with Gasteiger partial charge in [-0.25, -0.2) is 9.18 Å². The molecule has 0 radical (unpaired) electrons. The van der Waals surface area contributed by atoms with Gasteiger partial charge in [0.25, 0.3) is 5.89 Å². The average molecular weight is 335 g/mol. The third kappa shape index (κ3) is 5.04. The first-order valence-corrected chi connectivity index (χ1v) is 7.85. The Morgan fingerprint density at radius 1 is 1.29 bits per heavy atom. The van der Waals surface area contributed by atoms with E-state index in [-0.39, 0.29) is 11.9 Å². The molecular weight excluding hydrogens is 313 g/mol. The number of nitrogens with zero attached hydrogens (tertiary/aromatic N) is 3. The van der Waals surface area contributed by atoms with Gasteiger partial charge in [-0.3, -0.25) is 0 Å². The zero-order valence-electron chi connectivity index (χ0n) is 14.4. The lowest BCUT2D eigenvalue weighted by atomic mass is 10.2. The van der Waals surface area contributed by atoms with E-state index in [2.05, 4.69) is 10.1 Å². The second-order valence-corrected chi connectivity index (χ2v) is 6.33. The predicted octanol–water partition coefficient (Wildman–Crippen LogP) is 3.68. The average Bonchev–Trinajstić information content (AvgIpc) is 2.95. The smallest absolute Gasteiger partial charge is 0.410 e. The van der Waals surface area contributed by atoms with Gasteiger partial charge in [0, 0.05) is 25.1 Å². The Bertz CT molecular complexity index is 677. The van der Waals surface area contributed by atoms with Gasteiger partial charge in [-0.15, -0.1) is 0 Å². The molecule has 1 heterocycles. The molecule has 0 atom stereocenters. The van der Waals surface area contributed by atoms with Gasteiger partial charge in [-0.2, -0.15) is 4.98 Å². The Balaban J connectivity index is 1.96. The van der Waals surface area contributed by atoms with Crippen molar-refractivity contribution in [1.82, 2.24) is 15.0 Å². The maximum Gasteiger partial charge on any atom is 0.410 e. The summed E-state index contributed by atoms with van der Waals surface area (Å²) in [5, 5.41) is 3.90. The number of aromatic nitrogens is 2. The van der Waals surface area contributed by atoms with E-state index in [1.165, 1.54) is 12.1 Å². The molecule has 2 aromatic rings. The van der Waals surface area contributed by atoms with Crippen molar-refractivity contribution in [2.45, 2.75) is 39.7 Å². The van der Waals surface area contributed by atoms with Crippen molar-refractivity contribution in [1.29, 1.82) is 0 Å². The second-order valence-electron chi connectivity index (χ2n) is 6.33. The monoisotopic (exact) mass is 335 g/mol. The molecule has 24 heavy (non-hydrogen) atoms. The van der Waals surface area contributed by atoms with Gasteiger partial charge in [0.2, 0.25) is 0 Å². The number of ether oxygens (including phenoxy) is 1. The fourth-order valence-corrected chi connectivity index (χ4v) is 2.01. The molecule has 0 spiro atoms. The van der Waals surface area contributed by atoms with E-state index in [4.69, 9.17) is 9.26 Å². The first kappa shape index (κ1) is 17.9. The van der Waals surface area contributed by atoms with E-state index < -0.39 is 5.60 Å². The van der Waals surface area contributed by atoms with Gasteiger partial charge < -0.3 is 14.2 Å². The zero-order valence-corrected chi connectivity index (χ0v) is 14.4. The number of carbonyl (C=O) groups excluding carboxylic acids is 1. The second kappa shape index (κ2) is 7.42. The summed E-state index contributed by atoms with van der Waals surface area (Å²) >= 11 is 0. The molecule has 0 saturated heterocycles. The van der Waals surface area contributed by atoms with E-state index in [0.29, 0.717) is 36.8 Å². The number of amides is 1. The molecule has 6 nitrogen and oxygen atoms in total. The number of halogens is 1.